The Morgan fingerprint density at radius 3 is 2.31 bits per heavy atom. The number of carbonyl (C=O) groups excluding carboxylic acids is 3. The van der Waals surface area contributed by atoms with Crippen molar-refractivity contribution in [3.8, 4) is 11.5 Å². The number of hydrogen-bond acceptors (Lipinski definition) is 8. The molecular weight excluding hydrogens is 502 g/mol. The van der Waals surface area contributed by atoms with Crippen molar-refractivity contribution in [1.82, 2.24) is 4.90 Å². The lowest BCUT2D eigenvalue weighted by Gasteiger charge is -2.27. The molecule has 0 saturated carbocycles. The number of amides is 1. The fraction of sp³-hybridized carbons (Fsp3) is 0.167. The number of furan rings is 1. The van der Waals surface area contributed by atoms with E-state index in [1.54, 1.807) is 72.8 Å². The molecular formula is C30H25NO8. The zero-order valence-electron chi connectivity index (χ0n) is 21.5. The van der Waals surface area contributed by atoms with E-state index in [1.807, 2.05) is 0 Å². The smallest absolute Gasteiger partial charge is 0.337 e. The first kappa shape index (κ1) is 25.6. The number of aliphatic hydroxyl groups excluding tert-OH is 1. The van der Waals surface area contributed by atoms with Crippen LogP contribution >= 0.6 is 0 Å². The summed E-state index contributed by atoms with van der Waals surface area (Å²) in [5.41, 5.74) is 1.92. The van der Waals surface area contributed by atoms with E-state index in [1.165, 1.54) is 26.2 Å². The molecule has 0 spiro atoms. The third-order valence-electron chi connectivity index (χ3n) is 6.66. The van der Waals surface area contributed by atoms with Crippen molar-refractivity contribution >= 4 is 28.6 Å². The van der Waals surface area contributed by atoms with Crippen LogP contribution in [0.3, 0.4) is 0 Å². The Labute approximate surface area is 223 Å². The van der Waals surface area contributed by atoms with Crippen LogP contribution in [-0.4, -0.2) is 49.0 Å². The molecule has 1 unspecified atom stereocenters. The number of para-hydroxylation sites is 1. The highest BCUT2D eigenvalue weighted by molar-refractivity contribution is 6.16. The molecule has 0 aliphatic carbocycles. The molecule has 0 bridgehead atoms. The molecule has 1 amide bonds. The fourth-order valence-electron chi connectivity index (χ4n) is 4.68. The number of ether oxygens (including phenoxy) is 3. The van der Waals surface area contributed by atoms with E-state index in [4.69, 9.17) is 18.6 Å². The quantitative estimate of drug-likeness (QED) is 0.251. The second-order valence-electron chi connectivity index (χ2n) is 8.88. The molecule has 1 atom stereocenters. The van der Waals surface area contributed by atoms with Gasteiger partial charge in [0.25, 0.3) is 5.91 Å². The van der Waals surface area contributed by atoms with Crippen LogP contribution in [0, 0.1) is 0 Å². The molecule has 9 nitrogen and oxygen atoms in total. The Hall–Kier alpha value is -5.05. The molecule has 0 radical (unpaired) electrons. The normalized spacial score (nSPS) is 15.1. The van der Waals surface area contributed by atoms with E-state index < -0.39 is 29.5 Å². The molecule has 0 fully saturated rings. The SMILES string of the molecule is COC(=O)c1ccc(CN2C(=O)C(O)=C(C(=O)c3cc4cccc(OC)c4o3)C2c2ccc(OC)cc2)cc1. The highest BCUT2D eigenvalue weighted by Crippen LogP contribution is 2.41. The van der Waals surface area contributed by atoms with Crippen LogP contribution in [0.1, 0.15) is 38.1 Å². The van der Waals surface area contributed by atoms with Gasteiger partial charge in [0, 0.05) is 11.9 Å². The number of nitrogens with zero attached hydrogens (tertiary/aromatic N) is 1. The Morgan fingerprint density at radius 2 is 1.67 bits per heavy atom. The van der Waals surface area contributed by atoms with E-state index in [9.17, 15) is 19.5 Å². The van der Waals surface area contributed by atoms with Gasteiger partial charge in [-0.05, 0) is 47.5 Å². The molecule has 9 heteroatoms. The number of carbonyl (C=O) groups is 3. The summed E-state index contributed by atoms with van der Waals surface area (Å²) >= 11 is 0. The third kappa shape index (κ3) is 4.59. The molecule has 1 aliphatic rings. The molecule has 4 aromatic rings. The van der Waals surface area contributed by atoms with E-state index >= 15 is 0 Å². The van der Waals surface area contributed by atoms with Crippen molar-refractivity contribution in [2.75, 3.05) is 21.3 Å². The maximum atomic E-state index is 13.8. The van der Waals surface area contributed by atoms with Gasteiger partial charge in [0.1, 0.15) is 5.75 Å². The molecule has 39 heavy (non-hydrogen) atoms. The van der Waals surface area contributed by atoms with Gasteiger partial charge >= 0.3 is 5.97 Å². The van der Waals surface area contributed by atoms with Crippen molar-refractivity contribution in [3.05, 3.63) is 107 Å². The van der Waals surface area contributed by atoms with E-state index in [-0.39, 0.29) is 17.9 Å². The molecule has 1 aromatic heterocycles. The Balaban J connectivity index is 1.56. The fourth-order valence-corrected chi connectivity index (χ4v) is 4.68. The number of ketones is 1. The monoisotopic (exact) mass is 527 g/mol. The molecule has 2 heterocycles. The van der Waals surface area contributed by atoms with Crippen molar-refractivity contribution in [2.24, 2.45) is 0 Å². The first-order valence-corrected chi connectivity index (χ1v) is 12.0. The van der Waals surface area contributed by atoms with Gasteiger partial charge in [-0.15, -0.1) is 0 Å². The predicted molar refractivity (Wildman–Crippen MR) is 141 cm³/mol. The number of methoxy groups -OCH3 is 3. The van der Waals surface area contributed by atoms with Crippen molar-refractivity contribution in [3.63, 3.8) is 0 Å². The van der Waals surface area contributed by atoms with Crippen LogP contribution in [0.5, 0.6) is 11.5 Å². The van der Waals surface area contributed by atoms with E-state index in [2.05, 4.69) is 0 Å². The Bertz CT molecular complexity index is 1600. The summed E-state index contributed by atoms with van der Waals surface area (Å²) in [5, 5.41) is 11.7. The van der Waals surface area contributed by atoms with E-state index in [0.29, 0.717) is 39.2 Å². The Kier molecular flexibility index (Phi) is 6.81. The lowest BCUT2D eigenvalue weighted by Crippen LogP contribution is -2.30. The van der Waals surface area contributed by atoms with Gasteiger partial charge in [-0.25, -0.2) is 4.79 Å². The van der Waals surface area contributed by atoms with Crippen LogP contribution < -0.4 is 9.47 Å². The predicted octanol–water partition coefficient (Wildman–Crippen LogP) is 5.02. The number of rotatable bonds is 8. The van der Waals surface area contributed by atoms with Gasteiger partial charge in [0.2, 0.25) is 5.78 Å². The minimum Gasteiger partial charge on any atom is -0.503 e. The van der Waals surface area contributed by atoms with Crippen molar-refractivity contribution in [2.45, 2.75) is 12.6 Å². The Morgan fingerprint density at radius 1 is 0.949 bits per heavy atom. The van der Waals surface area contributed by atoms with Gasteiger partial charge in [-0.2, -0.15) is 0 Å². The first-order valence-electron chi connectivity index (χ1n) is 12.0. The topological polar surface area (TPSA) is 116 Å². The first-order chi connectivity index (χ1) is 18.9. The number of aliphatic hydroxyl groups is 1. The van der Waals surface area contributed by atoms with Gasteiger partial charge in [0.05, 0.1) is 38.5 Å². The van der Waals surface area contributed by atoms with Crippen LogP contribution in [-0.2, 0) is 16.1 Å². The van der Waals surface area contributed by atoms with E-state index in [0.717, 1.165) is 0 Å². The molecule has 3 aromatic carbocycles. The number of benzene rings is 3. The zero-order chi connectivity index (χ0) is 27.7. The van der Waals surface area contributed by atoms with Crippen molar-refractivity contribution in [1.29, 1.82) is 0 Å². The molecule has 5 rings (SSSR count). The minimum absolute atomic E-state index is 0.0355. The number of fused-ring (bicyclic) bond motifs is 1. The van der Waals surface area contributed by atoms with Crippen LogP contribution in [0.15, 0.2) is 88.5 Å². The lowest BCUT2D eigenvalue weighted by molar-refractivity contribution is -0.130. The second-order valence-corrected chi connectivity index (χ2v) is 8.88. The second kappa shape index (κ2) is 10.4. The van der Waals surface area contributed by atoms with Crippen molar-refractivity contribution < 1.29 is 38.1 Å². The van der Waals surface area contributed by atoms with Gasteiger partial charge in [-0.3, -0.25) is 9.59 Å². The summed E-state index contributed by atoms with van der Waals surface area (Å²) in [5.74, 6) is -1.45. The third-order valence-corrected chi connectivity index (χ3v) is 6.66. The lowest BCUT2D eigenvalue weighted by atomic mass is 9.94. The number of hydrogen-bond donors (Lipinski definition) is 1. The molecule has 1 N–H and O–H groups in total. The molecule has 1 aliphatic heterocycles. The maximum absolute atomic E-state index is 13.8. The highest BCUT2D eigenvalue weighted by atomic mass is 16.5. The summed E-state index contributed by atoms with van der Waals surface area (Å²) in [6.45, 7) is 0.0613. The van der Waals surface area contributed by atoms with Crippen LogP contribution in [0.2, 0.25) is 0 Å². The summed E-state index contributed by atoms with van der Waals surface area (Å²) < 4.78 is 21.2. The average Bonchev–Trinajstić information content (AvgIpc) is 3.52. The zero-order valence-corrected chi connectivity index (χ0v) is 21.5. The molecule has 198 valence electrons. The van der Waals surface area contributed by atoms with Gasteiger partial charge < -0.3 is 28.6 Å². The summed E-state index contributed by atoms with van der Waals surface area (Å²) in [6, 6.07) is 19.4. The van der Waals surface area contributed by atoms with Gasteiger partial charge in [0.15, 0.2) is 22.9 Å². The summed E-state index contributed by atoms with van der Waals surface area (Å²) in [7, 11) is 4.33. The number of esters is 1. The largest absolute Gasteiger partial charge is 0.503 e. The highest BCUT2D eigenvalue weighted by Gasteiger charge is 2.44. The summed E-state index contributed by atoms with van der Waals surface area (Å²) in [4.78, 5) is 40.4. The van der Waals surface area contributed by atoms with Crippen LogP contribution in [0.25, 0.3) is 11.0 Å². The number of Topliss-reactive ketones (excluding diaryl/α,β-unsaturated/α-hetero) is 1. The molecule has 0 saturated heterocycles. The van der Waals surface area contributed by atoms with Crippen LogP contribution in [0.4, 0.5) is 0 Å². The average molecular weight is 528 g/mol. The van der Waals surface area contributed by atoms with Gasteiger partial charge in [-0.1, -0.05) is 36.4 Å². The maximum Gasteiger partial charge on any atom is 0.337 e. The summed E-state index contributed by atoms with van der Waals surface area (Å²) in [6.07, 6.45) is 0. The standard InChI is InChI=1S/C30H25NO8/c1-36-21-13-11-18(12-14-21)25-24(26(32)23-15-20-5-4-6-22(37-2)28(20)39-23)27(33)29(34)31(25)16-17-7-9-19(10-8-17)30(35)38-3/h4-15,25,33H,16H2,1-3H3. The minimum atomic E-state index is -0.911.